The Kier molecular flexibility index (Phi) is 6.23. The Morgan fingerprint density at radius 1 is 1.27 bits per heavy atom. The third-order valence-corrected chi connectivity index (χ3v) is 6.65. The highest BCUT2D eigenvalue weighted by molar-refractivity contribution is 7.22. The molecule has 3 aromatic rings. The molecule has 5 nitrogen and oxygen atoms in total. The number of nitrogens with one attached hydrogen (secondary N) is 1. The largest absolute Gasteiger partial charge is 0.494 e. The molecule has 1 amide bonds. The number of carbonyl (C=O) groups excluding carboxylic acids is 1. The van der Waals surface area contributed by atoms with Crippen LogP contribution in [-0.2, 0) is 4.79 Å². The first-order valence-electron chi connectivity index (χ1n) is 10.7. The van der Waals surface area contributed by atoms with Crippen LogP contribution in [0.2, 0.25) is 0 Å². The molecule has 0 radical (unpaired) electrons. The van der Waals surface area contributed by atoms with Crippen molar-refractivity contribution in [3.63, 3.8) is 0 Å². The van der Waals surface area contributed by atoms with Gasteiger partial charge in [0.25, 0.3) is 0 Å². The van der Waals surface area contributed by atoms with Crippen LogP contribution in [0.4, 0.5) is 10.8 Å². The summed E-state index contributed by atoms with van der Waals surface area (Å²) in [6, 6.07) is 14.2. The topological polar surface area (TPSA) is 54.5 Å². The van der Waals surface area contributed by atoms with Crippen LogP contribution >= 0.6 is 11.3 Å². The summed E-state index contributed by atoms with van der Waals surface area (Å²) >= 11 is 1.67. The molecule has 0 bridgehead atoms. The highest BCUT2D eigenvalue weighted by atomic mass is 32.1. The van der Waals surface area contributed by atoms with Gasteiger partial charge in [-0.1, -0.05) is 37.3 Å². The number of benzene rings is 2. The molecule has 6 heteroatoms. The van der Waals surface area contributed by atoms with Gasteiger partial charge in [0.05, 0.1) is 22.7 Å². The van der Waals surface area contributed by atoms with E-state index < -0.39 is 0 Å². The minimum atomic E-state index is -0.0328. The van der Waals surface area contributed by atoms with Gasteiger partial charge >= 0.3 is 0 Å². The quantitative estimate of drug-likeness (QED) is 0.555. The summed E-state index contributed by atoms with van der Waals surface area (Å²) < 4.78 is 6.72. The molecular formula is C24H29N3O2S. The van der Waals surface area contributed by atoms with E-state index in [1.54, 1.807) is 11.3 Å². The maximum absolute atomic E-state index is 12.9. The van der Waals surface area contributed by atoms with E-state index in [1.165, 1.54) is 5.56 Å². The second-order valence-corrected chi connectivity index (χ2v) is 9.12. The zero-order chi connectivity index (χ0) is 21.1. The SMILES string of the molecule is CCOc1ccc2nc(N3CCC[C@H](C(=O)Nc4ccc(C(C)C)cc4)C3)sc2c1. The molecule has 4 rings (SSSR count). The number of hydrogen-bond donors (Lipinski definition) is 1. The summed E-state index contributed by atoms with van der Waals surface area (Å²) in [6.45, 7) is 8.62. The van der Waals surface area contributed by atoms with E-state index in [2.05, 4.69) is 42.3 Å². The second-order valence-electron chi connectivity index (χ2n) is 8.11. The lowest BCUT2D eigenvalue weighted by atomic mass is 9.97. The summed E-state index contributed by atoms with van der Waals surface area (Å²) in [5.74, 6) is 1.42. The molecule has 1 N–H and O–H groups in total. The molecule has 158 valence electrons. The van der Waals surface area contributed by atoms with Crippen LogP contribution in [0.5, 0.6) is 5.75 Å². The molecule has 1 aliphatic rings. The van der Waals surface area contributed by atoms with Gasteiger partial charge in [-0.3, -0.25) is 4.79 Å². The predicted octanol–water partition coefficient (Wildman–Crippen LogP) is 5.67. The summed E-state index contributed by atoms with van der Waals surface area (Å²) in [5.41, 5.74) is 3.13. The Morgan fingerprint density at radius 2 is 2.07 bits per heavy atom. The van der Waals surface area contributed by atoms with Gasteiger partial charge in [0.1, 0.15) is 5.75 Å². The first-order valence-corrected chi connectivity index (χ1v) is 11.5. The summed E-state index contributed by atoms with van der Waals surface area (Å²) in [7, 11) is 0. The lowest BCUT2D eigenvalue weighted by Crippen LogP contribution is -2.40. The van der Waals surface area contributed by atoms with Crippen molar-refractivity contribution in [2.75, 3.05) is 29.9 Å². The molecule has 1 aromatic heterocycles. The van der Waals surface area contributed by atoms with Gasteiger partial charge in [-0.2, -0.15) is 0 Å². The normalized spacial score (nSPS) is 16.8. The average molecular weight is 424 g/mol. The minimum absolute atomic E-state index is 0.0328. The molecule has 0 spiro atoms. The van der Waals surface area contributed by atoms with E-state index in [0.29, 0.717) is 19.1 Å². The zero-order valence-corrected chi connectivity index (χ0v) is 18.7. The van der Waals surface area contributed by atoms with Crippen LogP contribution in [0.25, 0.3) is 10.2 Å². The van der Waals surface area contributed by atoms with E-state index in [-0.39, 0.29) is 11.8 Å². The lowest BCUT2D eigenvalue weighted by Gasteiger charge is -2.31. The van der Waals surface area contributed by atoms with Crippen molar-refractivity contribution >= 4 is 38.3 Å². The number of fused-ring (bicyclic) bond motifs is 1. The number of aromatic nitrogens is 1. The minimum Gasteiger partial charge on any atom is -0.494 e. The first-order chi connectivity index (χ1) is 14.5. The molecule has 1 atom stereocenters. The van der Waals surface area contributed by atoms with E-state index >= 15 is 0 Å². The molecule has 1 saturated heterocycles. The van der Waals surface area contributed by atoms with Crippen LogP contribution in [-0.4, -0.2) is 30.6 Å². The van der Waals surface area contributed by atoms with Crippen LogP contribution in [0, 0.1) is 5.92 Å². The van der Waals surface area contributed by atoms with Crippen LogP contribution < -0.4 is 15.0 Å². The lowest BCUT2D eigenvalue weighted by molar-refractivity contribution is -0.120. The fourth-order valence-corrected chi connectivity index (χ4v) is 4.87. The monoisotopic (exact) mass is 423 g/mol. The summed E-state index contributed by atoms with van der Waals surface area (Å²) in [5, 5.41) is 4.08. The van der Waals surface area contributed by atoms with Crippen LogP contribution in [0.15, 0.2) is 42.5 Å². The molecular weight excluding hydrogens is 394 g/mol. The Balaban J connectivity index is 1.43. The number of ether oxygens (including phenoxy) is 1. The van der Waals surface area contributed by atoms with Crippen molar-refractivity contribution < 1.29 is 9.53 Å². The van der Waals surface area contributed by atoms with Gasteiger partial charge in [-0.05, 0) is 61.6 Å². The van der Waals surface area contributed by atoms with Gasteiger partial charge < -0.3 is 15.0 Å². The Morgan fingerprint density at radius 3 is 2.80 bits per heavy atom. The van der Waals surface area contributed by atoms with Gasteiger partial charge in [0.2, 0.25) is 5.91 Å². The molecule has 2 heterocycles. The van der Waals surface area contributed by atoms with Gasteiger partial charge in [-0.25, -0.2) is 4.98 Å². The van der Waals surface area contributed by atoms with E-state index in [9.17, 15) is 4.79 Å². The Hall–Kier alpha value is -2.60. The maximum Gasteiger partial charge on any atom is 0.229 e. The highest BCUT2D eigenvalue weighted by Crippen LogP contribution is 2.33. The maximum atomic E-state index is 12.9. The van der Waals surface area contributed by atoms with Crippen molar-refractivity contribution in [1.82, 2.24) is 4.98 Å². The Labute approximate surface area is 182 Å². The molecule has 1 aliphatic heterocycles. The fraction of sp³-hybridized carbons (Fsp3) is 0.417. The molecule has 30 heavy (non-hydrogen) atoms. The number of thiazole rings is 1. The summed E-state index contributed by atoms with van der Waals surface area (Å²) in [4.78, 5) is 19.9. The van der Waals surface area contributed by atoms with Crippen molar-refractivity contribution in [2.45, 2.75) is 39.5 Å². The highest BCUT2D eigenvalue weighted by Gasteiger charge is 2.27. The molecule has 2 aromatic carbocycles. The fourth-order valence-electron chi connectivity index (χ4n) is 3.85. The van der Waals surface area contributed by atoms with Gasteiger partial charge in [0.15, 0.2) is 5.13 Å². The van der Waals surface area contributed by atoms with Gasteiger partial charge in [0, 0.05) is 18.8 Å². The van der Waals surface area contributed by atoms with E-state index in [0.717, 1.165) is 46.2 Å². The van der Waals surface area contributed by atoms with Crippen molar-refractivity contribution in [1.29, 1.82) is 0 Å². The number of carbonyl (C=O) groups is 1. The van der Waals surface area contributed by atoms with E-state index in [1.807, 2.05) is 31.2 Å². The molecule has 0 unspecified atom stereocenters. The number of piperidine rings is 1. The molecule has 1 fully saturated rings. The van der Waals surface area contributed by atoms with Crippen LogP contribution in [0.1, 0.15) is 45.1 Å². The number of hydrogen-bond acceptors (Lipinski definition) is 5. The van der Waals surface area contributed by atoms with E-state index in [4.69, 9.17) is 9.72 Å². The van der Waals surface area contributed by atoms with Crippen molar-refractivity contribution in [3.05, 3.63) is 48.0 Å². The number of amides is 1. The average Bonchev–Trinajstić information content (AvgIpc) is 3.18. The zero-order valence-electron chi connectivity index (χ0n) is 17.9. The number of rotatable bonds is 6. The molecule has 0 saturated carbocycles. The predicted molar refractivity (Wildman–Crippen MR) is 125 cm³/mol. The number of anilines is 2. The van der Waals surface area contributed by atoms with Crippen molar-refractivity contribution in [3.8, 4) is 5.75 Å². The third kappa shape index (κ3) is 4.59. The first kappa shape index (κ1) is 20.7. The summed E-state index contributed by atoms with van der Waals surface area (Å²) in [6.07, 6.45) is 1.90. The smallest absolute Gasteiger partial charge is 0.229 e. The Bertz CT molecular complexity index is 1010. The van der Waals surface area contributed by atoms with Gasteiger partial charge in [-0.15, -0.1) is 0 Å². The third-order valence-electron chi connectivity index (χ3n) is 5.57. The van der Waals surface area contributed by atoms with Crippen LogP contribution in [0.3, 0.4) is 0 Å². The number of nitrogens with zero attached hydrogens (tertiary/aromatic N) is 2. The standard InChI is InChI=1S/C24H29N3O2S/c1-4-29-20-11-12-21-22(14-20)30-24(26-21)27-13-5-6-18(15-27)23(28)25-19-9-7-17(8-10-19)16(2)3/h7-12,14,16,18H,4-6,13,15H2,1-3H3,(H,25,28)/t18-/m0/s1. The van der Waals surface area contributed by atoms with Crippen molar-refractivity contribution in [2.24, 2.45) is 5.92 Å². The second kappa shape index (κ2) is 9.04. The molecule has 0 aliphatic carbocycles.